The lowest BCUT2D eigenvalue weighted by molar-refractivity contribution is -0.134. The third-order valence-electron chi connectivity index (χ3n) is 4.95. The molecule has 4 heterocycles. The van der Waals surface area contributed by atoms with Crippen LogP contribution in [0.25, 0.3) is 22.4 Å². The van der Waals surface area contributed by atoms with Gasteiger partial charge in [0.2, 0.25) is 5.91 Å². The number of ether oxygens (including phenoxy) is 1. The van der Waals surface area contributed by atoms with Crippen molar-refractivity contribution in [2.75, 3.05) is 38.7 Å². The zero-order chi connectivity index (χ0) is 20.4. The van der Waals surface area contributed by atoms with Gasteiger partial charge >= 0.3 is 0 Å². The van der Waals surface area contributed by atoms with Gasteiger partial charge in [-0.2, -0.15) is 0 Å². The Hall–Kier alpha value is -2.78. The fourth-order valence-corrected chi connectivity index (χ4v) is 3.62. The van der Waals surface area contributed by atoms with E-state index in [1.165, 1.54) is 7.11 Å². The second kappa shape index (κ2) is 8.30. The first-order valence-electron chi connectivity index (χ1n) is 9.21. The van der Waals surface area contributed by atoms with E-state index in [0.717, 1.165) is 18.0 Å². The number of pyridine rings is 1. The second-order valence-electron chi connectivity index (χ2n) is 6.95. The summed E-state index contributed by atoms with van der Waals surface area (Å²) in [5.41, 5.74) is 1.34. The molecule has 0 spiro atoms. The van der Waals surface area contributed by atoms with Crippen molar-refractivity contribution >= 4 is 34.4 Å². The highest BCUT2D eigenvalue weighted by Gasteiger charge is 2.26. The molecule has 152 valence electrons. The van der Waals surface area contributed by atoms with E-state index >= 15 is 0 Å². The van der Waals surface area contributed by atoms with Crippen molar-refractivity contribution in [3.63, 3.8) is 0 Å². The number of hydrogen-bond acceptors (Lipinski definition) is 6. The predicted molar refractivity (Wildman–Crippen MR) is 107 cm³/mol. The number of anilines is 1. The molecule has 0 bridgehead atoms. The SMILES string of the molecule is COCC(=O)N1CCC(CNc2nc(-c3c[nH]c4ncc(Cl)cc34)ncc2F)C1. The van der Waals surface area contributed by atoms with Gasteiger partial charge in [0, 0.05) is 50.1 Å². The van der Waals surface area contributed by atoms with Crippen molar-refractivity contribution in [1.82, 2.24) is 24.8 Å². The molecule has 0 aromatic carbocycles. The Kier molecular flexibility index (Phi) is 5.59. The number of halogens is 2. The summed E-state index contributed by atoms with van der Waals surface area (Å²) in [5, 5.41) is 4.32. The van der Waals surface area contributed by atoms with Crippen LogP contribution in [0.15, 0.2) is 24.7 Å². The van der Waals surface area contributed by atoms with Crippen LogP contribution in [0, 0.1) is 11.7 Å². The lowest BCUT2D eigenvalue weighted by Gasteiger charge is -2.16. The minimum Gasteiger partial charge on any atom is -0.375 e. The molecule has 0 aliphatic carbocycles. The monoisotopic (exact) mass is 418 g/mol. The van der Waals surface area contributed by atoms with E-state index < -0.39 is 5.82 Å². The molecule has 4 rings (SSSR count). The van der Waals surface area contributed by atoms with Crippen molar-refractivity contribution in [3.05, 3.63) is 35.5 Å². The van der Waals surface area contributed by atoms with Crippen LogP contribution in [0.3, 0.4) is 0 Å². The normalized spacial score (nSPS) is 16.5. The van der Waals surface area contributed by atoms with Crippen LogP contribution in [0.2, 0.25) is 5.02 Å². The molecular weight excluding hydrogens is 399 g/mol. The van der Waals surface area contributed by atoms with Gasteiger partial charge in [0.1, 0.15) is 12.3 Å². The van der Waals surface area contributed by atoms with E-state index in [9.17, 15) is 9.18 Å². The number of likely N-dealkylation sites (tertiary alicyclic amines) is 1. The van der Waals surface area contributed by atoms with Gasteiger partial charge in [-0.15, -0.1) is 0 Å². The molecule has 3 aromatic heterocycles. The van der Waals surface area contributed by atoms with E-state index in [1.54, 1.807) is 23.4 Å². The molecule has 1 saturated heterocycles. The van der Waals surface area contributed by atoms with E-state index in [0.29, 0.717) is 41.7 Å². The molecule has 0 radical (unpaired) electrons. The summed E-state index contributed by atoms with van der Waals surface area (Å²) in [6.45, 7) is 1.87. The molecule has 1 aliphatic rings. The molecule has 2 N–H and O–H groups in total. The Morgan fingerprint density at radius 3 is 3.14 bits per heavy atom. The number of amides is 1. The smallest absolute Gasteiger partial charge is 0.248 e. The topological polar surface area (TPSA) is 96.0 Å². The number of rotatable bonds is 6. The molecule has 1 fully saturated rings. The second-order valence-corrected chi connectivity index (χ2v) is 7.39. The van der Waals surface area contributed by atoms with Gasteiger partial charge in [0.15, 0.2) is 17.5 Å². The molecule has 1 unspecified atom stereocenters. The summed E-state index contributed by atoms with van der Waals surface area (Å²) in [4.78, 5) is 29.4. The number of nitrogens with zero attached hydrogens (tertiary/aromatic N) is 4. The first-order chi connectivity index (χ1) is 14.0. The molecule has 1 amide bonds. The standard InChI is InChI=1S/C19H20ClFN6O2/c1-29-10-16(28)27-3-2-11(9-27)5-22-19-15(21)8-25-18(26-19)14-7-24-17-13(14)4-12(20)6-23-17/h4,6-8,11H,2-3,5,9-10H2,1H3,(H,23,24)(H,22,25,26). The fourth-order valence-electron chi connectivity index (χ4n) is 3.47. The summed E-state index contributed by atoms with van der Waals surface area (Å²) in [7, 11) is 1.50. The zero-order valence-corrected chi connectivity index (χ0v) is 16.5. The van der Waals surface area contributed by atoms with Crippen LogP contribution in [0.4, 0.5) is 10.2 Å². The Balaban J connectivity index is 1.48. The number of aromatic amines is 1. The van der Waals surface area contributed by atoms with Gasteiger partial charge in [-0.25, -0.2) is 19.3 Å². The quantitative estimate of drug-likeness (QED) is 0.639. The Labute approximate surface area is 171 Å². The number of nitrogens with one attached hydrogen (secondary N) is 2. The van der Waals surface area contributed by atoms with Crippen LogP contribution in [-0.2, 0) is 9.53 Å². The van der Waals surface area contributed by atoms with Crippen LogP contribution in [0.5, 0.6) is 0 Å². The largest absolute Gasteiger partial charge is 0.375 e. The van der Waals surface area contributed by atoms with Crippen LogP contribution >= 0.6 is 11.6 Å². The minimum absolute atomic E-state index is 0.0305. The number of carbonyl (C=O) groups excluding carboxylic acids is 1. The average Bonchev–Trinajstić information content (AvgIpc) is 3.34. The van der Waals surface area contributed by atoms with E-state index in [-0.39, 0.29) is 24.2 Å². The van der Waals surface area contributed by atoms with Crippen molar-refractivity contribution in [1.29, 1.82) is 0 Å². The number of methoxy groups -OCH3 is 1. The summed E-state index contributed by atoms with van der Waals surface area (Å²) < 4.78 is 19.2. The lowest BCUT2D eigenvalue weighted by Crippen LogP contribution is -2.32. The number of fused-ring (bicyclic) bond motifs is 1. The average molecular weight is 419 g/mol. The highest BCUT2D eigenvalue weighted by Crippen LogP contribution is 2.28. The first kappa shape index (κ1) is 19.5. The minimum atomic E-state index is -0.532. The number of hydrogen-bond donors (Lipinski definition) is 2. The van der Waals surface area contributed by atoms with E-state index in [1.807, 2.05) is 0 Å². The van der Waals surface area contributed by atoms with Crippen LogP contribution in [0.1, 0.15) is 6.42 Å². The summed E-state index contributed by atoms with van der Waals surface area (Å²) in [5.74, 6) is 0.144. The van der Waals surface area contributed by atoms with Crippen molar-refractivity contribution in [3.8, 4) is 11.4 Å². The molecule has 8 nitrogen and oxygen atoms in total. The lowest BCUT2D eigenvalue weighted by atomic mass is 10.1. The molecular formula is C19H20ClFN6O2. The number of H-pyrrole nitrogens is 1. The molecule has 3 aromatic rings. The van der Waals surface area contributed by atoms with E-state index in [4.69, 9.17) is 16.3 Å². The maximum absolute atomic E-state index is 14.3. The zero-order valence-electron chi connectivity index (χ0n) is 15.8. The first-order valence-corrected chi connectivity index (χ1v) is 9.59. The highest BCUT2D eigenvalue weighted by atomic mass is 35.5. The van der Waals surface area contributed by atoms with Crippen LogP contribution < -0.4 is 5.32 Å². The third kappa shape index (κ3) is 4.15. The maximum atomic E-state index is 14.3. The molecule has 29 heavy (non-hydrogen) atoms. The summed E-state index contributed by atoms with van der Waals surface area (Å²) in [6, 6.07) is 1.76. The Morgan fingerprint density at radius 1 is 1.45 bits per heavy atom. The fraction of sp³-hybridized carbons (Fsp3) is 0.368. The Morgan fingerprint density at radius 2 is 2.31 bits per heavy atom. The van der Waals surface area contributed by atoms with Crippen molar-refractivity contribution in [2.45, 2.75) is 6.42 Å². The van der Waals surface area contributed by atoms with E-state index in [2.05, 4.69) is 25.3 Å². The van der Waals surface area contributed by atoms with Crippen molar-refractivity contribution in [2.24, 2.45) is 5.92 Å². The van der Waals surface area contributed by atoms with Gasteiger partial charge < -0.3 is 19.9 Å². The number of aromatic nitrogens is 4. The molecule has 0 saturated carbocycles. The molecule has 1 atom stereocenters. The predicted octanol–water partition coefficient (Wildman–Crippen LogP) is 2.72. The van der Waals surface area contributed by atoms with Gasteiger partial charge in [0.25, 0.3) is 0 Å². The van der Waals surface area contributed by atoms with Gasteiger partial charge in [0.05, 0.1) is 11.2 Å². The Bertz CT molecular complexity index is 1040. The van der Waals surface area contributed by atoms with Gasteiger partial charge in [-0.05, 0) is 18.4 Å². The summed E-state index contributed by atoms with van der Waals surface area (Å²) in [6.07, 6.45) is 5.26. The van der Waals surface area contributed by atoms with Crippen LogP contribution in [-0.4, -0.2) is 64.1 Å². The van der Waals surface area contributed by atoms with Gasteiger partial charge in [-0.3, -0.25) is 4.79 Å². The maximum Gasteiger partial charge on any atom is 0.248 e. The molecule has 1 aliphatic heterocycles. The molecule has 10 heteroatoms. The number of carbonyl (C=O) groups is 1. The third-order valence-corrected chi connectivity index (χ3v) is 5.15. The highest BCUT2D eigenvalue weighted by molar-refractivity contribution is 6.31. The van der Waals surface area contributed by atoms with Gasteiger partial charge in [-0.1, -0.05) is 11.6 Å². The summed E-state index contributed by atoms with van der Waals surface area (Å²) >= 11 is 6.04. The van der Waals surface area contributed by atoms with Crippen molar-refractivity contribution < 1.29 is 13.9 Å².